The van der Waals surface area contributed by atoms with Gasteiger partial charge in [-0.1, -0.05) is 30.9 Å². The van der Waals surface area contributed by atoms with Gasteiger partial charge in [0.25, 0.3) is 5.91 Å². The van der Waals surface area contributed by atoms with Crippen LogP contribution in [0, 0.1) is 18.5 Å². The minimum Gasteiger partial charge on any atom is -0.487 e. The molecule has 0 unspecified atom stereocenters. The minimum atomic E-state index is -0.439. The van der Waals surface area contributed by atoms with Crippen LogP contribution in [0.4, 0.5) is 5.69 Å². The van der Waals surface area contributed by atoms with E-state index >= 15 is 0 Å². The summed E-state index contributed by atoms with van der Waals surface area (Å²) in [4.78, 5) is 12.3. The summed E-state index contributed by atoms with van der Waals surface area (Å²) in [5, 5.41) is 12.0. The van der Waals surface area contributed by atoms with Crippen molar-refractivity contribution in [2.75, 3.05) is 11.9 Å². The molecule has 0 bridgehead atoms. The van der Waals surface area contributed by atoms with Crippen molar-refractivity contribution in [2.45, 2.75) is 0 Å². The van der Waals surface area contributed by atoms with Gasteiger partial charge in [0, 0.05) is 5.69 Å². The lowest BCUT2D eigenvalue weighted by Crippen LogP contribution is -2.13. The van der Waals surface area contributed by atoms with Gasteiger partial charge < -0.3 is 10.1 Å². The number of rotatable bonds is 6. The van der Waals surface area contributed by atoms with E-state index in [1.54, 1.807) is 24.3 Å². The number of para-hydroxylation sites is 1. The van der Waals surface area contributed by atoms with Crippen molar-refractivity contribution in [2.24, 2.45) is 0 Å². The molecule has 0 saturated heterocycles. The number of nitrogens with one attached hydrogen (secondary N) is 1. The van der Waals surface area contributed by atoms with E-state index in [1.165, 1.54) is 0 Å². The summed E-state index contributed by atoms with van der Waals surface area (Å²) in [6, 6.07) is 14.7. The standard InChI is InChI=1S/C19H14I2N2O2/c1-2-8-25-18-16(20)10-13(11-17(18)21)9-14(12-22)19(24)23-15-6-4-3-5-7-15/h2-7,9-11H,1,8H2,(H,23,24)/b14-9+. The van der Waals surface area contributed by atoms with Crippen LogP contribution in [0.2, 0.25) is 0 Å². The van der Waals surface area contributed by atoms with E-state index in [9.17, 15) is 10.1 Å². The molecule has 0 atom stereocenters. The van der Waals surface area contributed by atoms with Crippen LogP contribution in [0.1, 0.15) is 5.56 Å². The van der Waals surface area contributed by atoms with Crippen molar-refractivity contribution in [3.63, 3.8) is 0 Å². The Balaban J connectivity index is 2.26. The van der Waals surface area contributed by atoms with Gasteiger partial charge in [-0.15, -0.1) is 0 Å². The van der Waals surface area contributed by atoms with Gasteiger partial charge in [-0.25, -0.2) is 0 Å². The second kappa shape index (κ2) is 9.58. The first kappa shape index (κ1) is 19.5. The molecule has 4 nitrogen and oxygen atoms in total. The molecule has 2 aromatic rings. The first-order valence-electron chi connectivity index (χ1n) is 7.26. The predicted molar refractivity (Wildman–Crippen MR) is 116 cm³/mol. The zero-order valence-corrected chi connectivity index (χ0v) is 17.4. The maximum absolute atomic E-state index is 12.3. The molecule has 6 heteroatoms. The van der Waals surface area contributed by atoms with Crippen LogP contribution in [0.15, 0.2) is 60.7 Å². The largest absolute Gasteiger partial charge is 0.487 e. The fraction of sp³-hybridized carbons (Fsp3) is 0.0526. The van der Waals surface area contributed by atoms with Gasteiger partial charge in [-0.3, -0.25) is 4.79 Å². The molecule has 0 fully saturated rings. The molecule has 0 aliphatic rings. The Bertz CT molecular complexity index is 832. The van der Waals surface area contributed by atoms with Gasteiger partial charge in [-0.2, -0.15) is 5.26 Å². The van der Waals surface area contributed by atoms with Gasteiger partial charge in [0.05, 0.1) is 7.14 Å². The molecule has 1 N–H and O–H groups in total. The second-order valence-electron chi connectivity index (χ2n) is 4.90. The zero-order valence-electron chi connectivity index (χ0n) is 13.1. The molecule has 0 aromatic heterocycles. The first-order valence-corrected chi connectivity index (χ1v) is 9.42. The highest BCUT2D eigenvalue weighted by Crippen LogP contribution is 2.30. The Kier molecular flexibility index (Phi) is 7.46. The summed E-state index contributed by atoms with van der Waals surface area (Å²) in [5.74, 6) is 0.330. The number of anilines is 1. The molecule has 0 heterocycles. The van der Waals surface area contributed by atoms with Crippen LogP contribution in [0.5, 0.6) is 5.75 Å². The number of carbonyl (C=O) groups excluding carboxylic acids is 1. The molecule has 25 heavy (non-hydrogen) atoms. The lowest BCUT2D eigenvalue weighted by Gasteiger charge is -2.10. The third-order valence-corrected chi connectivity index (χ3v) is 4.68. The number of nitriles is 1. The number of ether oxygens (including phenoxy) is 1. The first-order chi connectivity index (χ1) is 12.0. The van der Waals surface area contributed by atoms with Crippen LogP contribution in [0.3, 0.4) is 0 Å². The Morgan fingerprint density at radius 1 is 1.24 bits per heavy atom. The average molecular weight is 556 g/mol. The molecule has 0 spiro atoms. The van der Waals surface area contributed by atoms with Gasteiger partial charge in [0.1, 0.15) is 24.0 Å². The number of hydrogen-bond acceptors (Lipinski definition) is 3. The molecule has 2 rings (SSSR count). The molecular weight excluding hydrogens is 542 g/mol. The average Bonchev–Trinajstić information content (AvgIpc) is 2.59. The van der Waals surface area contributed by atoms with Crippen LogP contribution in [-0.2, 0) is 4.79 Å². The molecule has 2 aromatic carbocycles. The van der Waals surface area contributed by atoms with Gasteiger partial charge >= 0.3 is 0 Å². The lowest BCUT2D eigenvalue weighted by molar-refractivity contribution is -0.112. The summed E-state index contributed by atoms with van der Waals surface area (Å²) in [6.07, 6.45) is 3.25. The molecular formula is C19H14I2N2O2. The highest BCUT2D eigenvalue weighted by molar-refractivity contribution is 14.1. The molecule has 0 saturated carbocycles. The summed E-state index contributed by atoms with van der Waals surface area (Å²) >= 11 is 4.34. The molecule has 1 amide bonds. The smallest absolute Gasteiger partial charge is 0.266 e. The molecule has 0 aliphatic carbocycles. The van der Waals surface area contributed by atoms with Crippen molar-refractivity contribution >= 4 is 62.9 Å². The number of carbonyl (C=O) groups is 1. The molecule has 0 radical (unpaired) electrons. The summed E-state index contributed by atoms with van der Waals surface area (Å²) in [5.41, 5.74) is 1.45. The number of halogens is 2. The Labute approximate surface area is 173 Å². The monoisotopic (exact) mass is 556 g/mol. The molecule has 0 aliphatic heterocycles. The van der Waals surface area contributed by atoms with E-state index in [4.69, 9.17) is 4.74 Å². The van der Waals surface area contributed by atoms with Crippen LogP contribution in [0.25, 0.3) is 6.08 Å². The maximum atomic E-state index is 12.3. The maximum Gasteiger partial charge on any atom is 0.266 e. The van der Waals surface area contributed by atoms with Crippen molar-refractivity contribution in [3.8, 4) is 11.8 Å². The van der Waals surface area contributed by atoms with Crippen molar-refractivity contribution in [1.29, 1.82) is 5.26 Å². The summed E-state index contributed by atoms with van der Waals surface area (Å²) in [7, 11) is 0. The number of benzene rings is 2. The fourth-order valence-corrected chi connectivity index (χ4v) is 4.11. The normalized spacial score (nSPS) is 10.7. The Morgan fingerprint density at radius 3 is 2.44 bits per heavy atom. The van der Waals surface area contributed by atoms with Crippen LogP contribution >= 0.6 is 45.2 Å². The van der Waals surface area contributed by atoms with Gasteiger partial charge in [0.15, 0.2) is 0 Å². The Morgan fingerprint density at radius 2 is 1.88 bits per heavy atom. The summed E-state index contributed by atoms with van der Waals surface area (Å²) < 4.78 is 7.43. The van der Waals surface area contributed by atoms with E-state index < -0.39 is 5.91 Å². The van der Waals surface area contributed by atoms with Crippen LogP contribution < -0.4 is 10.1 Å². The fourth-order valence-electron chi connectivity index (χ4n) is 1.98. The SMILES string of the molecule is C=CCOc1c(I)cc(/C=C(\C#N)C(=O)Nc2ccccc2)cc1I. The van der Waals surface area contributed by atoms with Crippen molar-refractivity contribution in [3.05, 3.63) is 73.4 Å². The second-order valence-corrected chi connectivity index (χ2v) is 7.23. The highest BCUT2D eigenvalue weighted by Gasteiger charge is 2.12. The quantitative estimate of drug-likeness (QED) is 0.236. The third-order valence-electron chi connectivity index (χ3n) is 3.07. The zero-order chi connectivity index (χ0) is 18.2. The van der Waals surface area contributed by atoms with E-state index in [-0.39, 0.29) is 5.57 Å². The minimum absolute atomic E-state index is 0.0372. The molecule has 126 valence electrons. The highest BCUT2D eigenvalue weighted by atomic mass is 127. The number of amides is 1. The van der Waals surface area contributed by atoms with Gasteiger partial charge in [0.2, 0.25) is 0 Å². The van der Waals surface area contributed by atoms with Crippen molar-refractivity contribution in [1.82, 2.24) is 0 Å². The lowest BCUT2D eigenvalue weighted by atomic mass is 10.1. The third kappa shape index (κ3) is 5.57. The predicted octanol–water partition coefficient (Wildman–Crippen LogP) is 5.01. The van der Waals surface area contributed by atoms with Crippen molar-refractivity contribution < 1.29 is 9.53 Å². The Hall–Kier alpha value is -1.86. The van der Waals surface area contributed by atoms with E-state index in [0.717, 1.165) is 18.5 Å². The van der Waals surface area contributed by atoms with E-state index in [1.807, 2.05) is 36.4 Å². The number of nitrogens with zero attached hydrogens (tertiary/aromatic N) is 1. The number of hydrogen-bond donors (Lipinski definition) is 1. The van der Waals surface area contributed by atoms with E-state index in [0.29, 0.717) is 12.3 Å². The topological polar surface area (TPSA) is 62.1 Å². The summed E-state index contributed by atoms with van der Waals surface area (Å²) in [6.45, 7) is 4.06. The van der Waals surface area contributed by atoms with Gasteiger partial charge in [-0.05, 0) is 81.1 Å². The van der Waals surface area contributed by atoms with Crippen LogP contribution in [-0.4, -0.2) is 12.5 Å². The van der Waals surface area contributed by atoms with E-state index in [2.05, 4.69) is 57.1 Å².